The molecule has 0 saturated carbocycles. The van der Waals surface area contributed by atoms with Crippen molar-refractivity contribution in [2.24, 2.45) is 0 Å². The highest BCUT2D eigenvalue weighted by Gasteiger charge is 2.19. The van der Waals surface area contributed by atoms with Gasteiger partial charge in [0.15, 0.2) is 0 Å². The first-order chi connectivity index (χ1) is 14.7. The van der Waals surface area contributed by atoms with Gasteiger partial charge in [-0.25, -0.2) is 4.79 Å². The Morgan fingerprint density at radius 3 is 2.07 bits per heavy atom. The van der Waals surface area contributed by atoms with E-state index in [0.717, 1.165) is 16.7 Å². The van der Waals surface area contributed by atoms with Gasteiger partial charge in [-0.15, -0.1) is 0 Å². The van der Waals surface area contributed by atoms with Crippen molar-refractivity contribution in [3.05, 3.63) is 107 Å². The number of amides is 1. The molecule has 0 spiro atoms. The molecule has 3 aromatic carbocycles. The maximum atomic E-state index is 12.5. The number of benzene rings is 3. The van der Waals surface area contributed by atoms with Gasteiger partial charge in [0, 0.05) is 5.57 Å². The van der Waals surface area contributed by atoms with E-state index in [1.807, 2.05) is 84.9 Å². The Labute approximate surface area is 176 Å². The fourth-order valence-corrected chi connectivity index (χ4v) is 3.01. The minimum absolute atomic E-state index is 0.0935. The number of esters is 1. The lowest BCUT2D eigenvalue weighted by Crippen LogP contribution is -2.23. The predicted molar refractivity (Wildman–Crippen MR) is 116 cm³/mol. The van der Waals surface area contributed by atoms with Crippen molar-refractivity contribution in [3.8, 4) is 5.75 Å². The van der Waals surface area contributed by atoms with Crippen LogP contribution in [0, 0.1) is 0 Å². The third kappa shape index (κ3) is 5.35. The molecule has 0 aliphatic carbocycles. The minimum atomic E-state index is -0.590. The number of hydrogen-bond donors (Lipinski definition) is 1. The molecule has 0 atom stereocenters. The molecule has 152 valence electrons. The van der Waals surface area contributed by atoms with Crippen LogP contribution in [0.4, 0.5) is 0 Å². The Morgan fingerprint density at radius 1 is 0.867 bits per heavy atom. The quantitative estimate of drug-likeness (QED) is 0.329. The Morgan fingerprint density at radius 2 is 1.47 bits per heavy atom. The fourth-order valence-electron chi connectivity index (χ4n) is 3.01. The topological polar surface area (TPSA) is 64.6 Å². The van der Waals surface area contributed by atoms with Crippen LogP contribution in [0.3, 0.4) is 0 Å². The van der Waals surface area contributed by atoms with Gasteiger partial charge in [-0.05, 0) is 35.7 Å². The number of hydrogen-bond acceptors (Lipinski definition) is 4. The standard InChI is InChI=1S/C25H23NO4/c1-2-29-25(28)24(26-18-27)23(20-11-7-4-8-12-20)21-13-15-22(16-14-21)30-17-19-9-5-3-6-10-19/h3-16,18H,2,17H2,1H3,(H,26,27)/b24-23-. The van der Waals surface area contributed by atoms with Crippen LogP contribution < -0.4 is 10.1 Å². The first kappa shape index (κ1) is 20.9. The van der Waals surface area contributed by atoms with Crippen molar-refractivity contribution in [2.75, 3.05) is 6.61 Å². The molecule has 0 fully saturated rings. The molecule has 3 aromatic rings. The molecule has 0 aromatic heterocycles. The van der Waals surface area contributed by atoms with E-state index in [4.69, 9.17) is 9.47 Å². The average Bonchev–Trinajstić information content (AvgIpc) is 2.80. The molecule has 3 rings (SSSR count). The summed E-state index contributed by atoms with van der Waals surface area (Å²) in [6.07, 6.45) is 0.479. The van der Waals surface area contributed by atoms with E-state index in [2.05, 4.69) is 5.32 Å². The lowest BCUT2D eigenvalue weighted by molar-refractivity contribution is -0.139. The lowest BCUT2D eigenvalue weighted by Gasteiger charge is -2.15. The zero-order valence-corrected chi connectivity index (χ0v) is 16.7. The third-order valence-corrected chi connectivity index (χ3v) is 4.39. The number of carbonyl (C=O) groups is 2. The maximum Gasteiger partial charge on any atom is 0.355 e. The molecule has 0 heterocycles. The summed E-state index contributed by atoms with van der Waals surface area (Å²) in [7, 11) is 0. The molecule has 0 aliphatic rings. The van der Waals surface area contributed by atoms with Crippen LogP contribution in [-0.2, 0) is 20.9 Å². The summed E-state index contributed by atoms with van der Waals surface area (Å²) in [4.78, 5) is 23.7. The molecule has 0 radical (unpaired) electrons. The van der Waals surface area contributed by atoms with Gasteiger partial charge < -0.3 is 14.8 Å². The number of nitrogens with one attached hydrogen (secondary N) is 1. The highest BCUT2D eigenvalue weighted by molar-refractivity contribution is 6.02. The van der Waals surface area contributed by atoms with Crippen LogP contribution in [0.25, 0.3) is 5.57 Å². The van der Waals surface area contributed by atoms with E-state index >= 15 is 0 Å². The average molecular weight is 401 g/mol. The summed E-state index contributed by atoms with van der Waals surface area (Å²) in [5.41, 5.74) is 3.29. The summed E-state index contributed by atoms with van der Waals surface area (Å²) in [5.74, 6) is 0.115. The van der Waals surface area contributed by atoms with Crippen molar-refractivity contribution in [3.63, 3.8) is 0 Å². The molecule has 30 heavy (non-hydrogen) atoms. The van der Waals surface area contributed by atoms with Gasteiger partial charge >= 0.3 is 5.97 Å². The summed E-state index contributed by atoms with van der Waals surface area (Å²) in [6, 6.07) is 26.7. The van der Waals surface area contributed by atoms with Crippen molar-refractivity contribution in [2.45, 2.75) is 13.5 Å². The smallest absolute Gasteiger partial charge is 0.355 e. The summed E-state index contributed by atoms with van der Waals surface area (Å²) >= 11 is 0. The van der Waals surface area contributed by atoms with Gasteiger partial charge in [0.1, 0.15) is 18.1 Å². The van der Waals surface area contributed by atoms with Crippen LogP contribution in [0.2, 0.25) is 0 Å². The van der Waals surface area contributed by atoms with Gasteiger partial charge in [0.2, 0.25) is 6.41 Å². The fraction of sp³-hybridized carbons (Fsp3) is 0.120. The van der Waals surface area contributed by atoms with E-state index in [-0.39, 0.29) is 12.3 Å². The maximum absolute atomic E-state index is 12.5. The second-order valence-electron chi connectivity index (χ2n) is 6.40. The van der Waals surface area contributed by atoms with Crippen molar-refractivity contribution in [1.82, 2.24) is 5.32 Å². The van der Waals surface area contributed by atoms with Gasteiger partial charge in [0.25, 0.3) is 0 Å². The molecule has 1 amide bonds. The highest BCUT2D eigenvalue weighted by Crippen LogP contribution is 2.28. The highest BCUT2D eigenvalue weighted by atomic mass is 16.5. The summed E-state index contributed by atoms with van der Waals surface area (Å²) < 4.78 is 11.0. The van der Waals surface area contributed by atoms with Gasteiger partial charge in [-0.2, -0.15) is 0 Å². The zero-order valence-electron chi connectivity index (χ0n) is 16.7. The van der Waals surface area contributed by atoms with Crippen LogP contribution >= 0.6 is 0 Å². The first-order valence-corrected chi connectivity index (χ1v) is 9.67. The third-order valence-electron chi connectivity index (χ3n) is 4.39. The predicted octanol–water partition coefficient (Wildman–Crippen LogP) is 4.33. The second kappa shape index (κ2) is 10.6. The Kier molecular flexibility index (Phi) is 7.39. The molecule has 5 nitrogen and oxygen atoms in total. The van der Waals surface area contributed by atoms with Crippen LogP contribution in [0.15, 0.2) is 90.6 Å². The molecule has 0 aliphatic heterocycles. The summed E-state index contributed by atoms with van der Waals surface area (Å²) in [5, 5.41) is 2.52. The molecule has 5 heteroatoms. The lowest BCUT2D eigenvalue weighted by atomic mass is 9.95. The van der Waals surface area contributed by atoms with Crippen LogP contribution in [0.1, 0.15) is 23.6 Å². The molecule has 0 bridgehead atoms. The first-order valence-electron chi connectivity index (χ1n) is 9.67. The van der Waals surface area contributed by atoms with E-state index in [1.54, 1.807) is 6.92 Å². The zero-order chi connectivity index (χ0) is 21.2. The Hall–Kier alpha value is -3.86. The minimum Gasteiger partial charge on any atom is -0.489 e. The normalized spacial score (nSPS) is 11.2. The number of carbonyl (C=O) groups excluding carboxylic acids is 2. The van der Waals surface area contributed by atoms with Gasteiger partial charge in [-0.1, -0.05) is 72.8 Å². The van der Waals surface area contributed by atoms with E-state index in [9.17, 15) is 9.59 Å². The second-order valence-corrected chi connectivity index (χ2v) is 6.40. The molecular formula is C25H23NO4. The van der Waals surface area contributed by atoms with Crippen LogP contribution in [-0.4, -0.2) is 19.0 Å². The molecule has 1 N–H and O–H groups in total. The molecule has 0 saturated heterocycles. The van der Waals surface area contributed by atoms with Crippen molar-refractivity contribution >= 4 is 18.0 Å². The Balaban J connectivity index is 1.94. The van der Waals surface area contributed by atoms with E-state index < -0.39 is 5.97 Å². The van der Waals surface area contributed by atoms with Gasteiger partial charge in [-0.3, -0.25) is 4.79 Å². The van der Waals surface area contributed by atoms with E-state index in [0.29, 0.717) is 24.3 Å². The molecular weight excluding hydrogens is 378 g/mol. The number of rotatable bonds is 9. The largest absolute Gasteiger partial charge is 0.489 e. The molecule has 0 unspecified atom stereocenters. The summed E-state index contributed by atoms with van der Waals surface area (Å²) in [6.45, 7) is 2.39. The van der Waals surface area contributed by atoms with Crippen molar-refractivity contribution < 1.29 is 19.1 Å². The SMILES string of the molecule is CCOC(=O)/C(NC=O)=C(\c1ccccc1)c1ccc(OCc2ccccc2)cc1. The van der Waals surface area contributed by atoms with E-state index in [1.165, 1.54) is 0 Å². The van der Waals surface area contributed by atoms with Crippen LogP contribution in [0.5, 0.6) is 5.75 Å². The van der Waals surface area contributed by atoms with Crippen molar-refractivity contribution in [1.29, 1.82) is 0 Å². The monoisotopic (exact) mass is 401 g/mol. The Bertz CT molecular complexity index is 996. The number of ether oxygens (including phenoxy) is 2. The van der Waals surface area contributed by atoms with Gasteiger partial charge in [0.05, 0.1) is 6.61 Å².